The lowest BCUT2D eigenvalue weighted by Crippen LogP contribution is -2.22. The van der Waals surface area contributed by atoms with Crippen LogP contribution in [-0.2, 0) is 11.3 Å². The number of aromatic nitrogens is 4. The Morgan fingerprint density at radius 3 is 2.83 bits per heavy atom. The van der Waals surface area contributed by atoms with Crippen LogP contribution in [-0.4, -0.2) is 25.7 Å². The van der Waals surface area contributed by atoms with Gasteiger partial charge in [-0.2, -0.15) is 5.26 Å². The number of para-hydroxylation sites is 1. The molecule has 114 valence electrons. The summed E-state index contributed by atoms with van der Waals surface area (Å²) in [6.45, 7) is 1.90. The van der Waals surface area contributed by atoms with Gasteiger partial charge in [0, 0.05) is 12.3 Å². The first-order chi connectivity index (χ1) is 11.2. The zero-order valence-corrected chi connectivity index (χ0v) is 13.1. The Bertz CT molecular complexity index is 863. The van der Waals surface area contributed by atoms with Crippen molar-refractivity contribution in [2.45, 2.75) is 13.5 Å². The molecular weight excluding hydrogens is 312 g/mol. The minimum Gasteiger partial charge on any atom is -0.274 e. The normalized spacial score (nSPS) is 10.3. The van der Waals surface area contributed by atoms with Gasteiger partial charge in [-0.05, 0) is 12.1 Å². The van der Waals surface area contributed by atoms with E-state index >= 15 is 0 Å². The van der Waals surface area contributed by atoms with Crippen LogP contribution in [0.25, 0.3) is 0 Å². The Kier molecular flexibility index (Phi) is 4.12. The molecule has 0 N–H and O–H groups in total. The van der Waals surface area contributed by atoms with Crippen molar-refractivity contribution in [1.29, 1.82) is 5.26 Å². The number of nitrogens with zero attached hydrogens (tertiary/aromatic N) is 6. The SMILES string of the molecule is CC(=O)N(c1ccccc1)c1nc(Cn2cnc(C#N)n2)cs1. The quantitative estimate of drug-likeness (QED) is 0.735. The van der Waals surface area contributed by atoms with Crippen molar-refractivity contribution in [3.63, 3.8) is 0 Å². The Hall–Kier alpha value is -3.05. The molecule has 0 aliphatic rings. The molecule has 0 unspecified atom stereocenters. The topological polar surface area (TPSA) is 87.7 Å². The lowest BCUT2D eigenvalue weighted by Gasteiger charge is -2.17. The summed E-state index contributed by atoms with van der Waals surface area (Å²) in [6.07, 6.45) is 1.48. The highest BCUT2D eigenvalue weighted by Gasteiger charge is 2.17. The van der Waals surface area contributed by atoms with E-state index in [9.17, 15) is 4.79 Å². The molecule has 0 saturated heterocycles. The number of amides is 1. The van der Waals surface area contributed by atoms with Crippen LogP contribution in [0.2, 0.25) is 0 Å². The largest absolute Gasteiger partial charge is 0.274 e. The minimum absolute atomic E-state index is 0.107. The van der Waals surface area contributed by atoms with Crippen molar-refractivity contribution in [3.05, 3.63) is 53.6 Å². The van der Waals surface area contributed by atoms with Gasteiger partial charge in [-0.1, -0.05) is 18.2 Å². The third kappa shape index (κ3) is 3.25. The first kappa shape index (κ1) is 14.9. The van der Waals surface area contributed by atoms with E-state index in [1.807, 2.05) is 41.8 Å². The minimum atomic E-state index is -0.107. The molecule has 0 bridgehead atoms. The van der Waals surface area contributed by atoms with Crippen LogP contribution < -0.4 is 4.90 Å². The highest BCUT2D eigenvalue weighted by Crippen LogP contribution is 2.28. The fourth-order valence-electron chi connectivity index (χ4n) is 2.06. The number of anilines is 2. The molecule has 2 aromatic heterocycles. The maximum absolute atomic E-state index is 12.0. The molecule has 1 amide bonds. The monoisotopic (exact) mass is 324 g/mol. The molecule has 0 aliphatic heterocycles. The molecule has 7 nitrogen and oxygen atoms in total. The second-order valence-corrected chi connectivity index (χ2v) is 5.53. The van der Waals surface area contributed by atoms with Crippen molar-refractivity contribution in [2.24, 2.45) is 0 Å². The van der Waals surface area contributed by atoms with Crippen LogP contribution in [0.1, 0.15) is 18.4 Å². The predicted octanol–water partition coefficient (Wildman–Crippen LogP) is 2.34. The number of thiazole rings is 1. The van der Waals surface area contributed by atoms with Crippen molar-refractivity contribution >= 4 is 28.1 Å². The number of carbonyl (C=O) groups excluding carboxylic acids is 1. The maximum atomic E-state index is 12.0. The van der Waals surface area contributed by atoms with E-state index in [1.54, 1.807) is 4.90 Å². The van der Waals surface area contributed by atoms with Crippen LogP contribution in [0, 0.1) is 11.3 Å². The molecule has 3 rings (SSSR count). The molecule has 1 aromatic carbocycles. The zero-order chi connectivity index (χ0) is 16.2. The Labute approximate surface area is 136 Å². The standard InChI is InChI=1S/C15H12N6OS/c1-11(22)21(13-5-3-2-4-6-13)15-18-12(9-23-15)8-20-10-17-14(7-16)19-20/h2-6,9-10H,8H2,1H3. The van der Waals surface area contributed by atoms with Gasteiger partial charge in [0.1, 0.15) is 12.4 Å². The van der Waals surface area contributed by atoms with Gasteiger partial charge in [0.2, 0.25) is 5.91 Å². The van der Waals surface area contributed by atoms with Gasteiger partial charge in [0.05, 0.1) is 17.9 Å². The van der Waals surface area contributed by atoms with Gasteiger partial charge < -0.3 is 0 Å². The summed E-state index contributed by atoms with van der Waals surface area (Å²) >= 11 is 1.38. The molecule has 0 radical (unpaired) electrons. The smallest absolute Gasteiger partial charge is 0.252 e. The van der Waals surface area contributed by atoms with Gasteiger partial charge in [0.25, 0.3) is 5.82 Å². The van der Waals surface area contributed by atoms with Crippen molar-refractivity contribution in [1.82, 2.24) is 19.7 Å². The lowest BCUT2D eigenvalue weighted by atomic mass is 10.3. The first-order valence-corrected chi connectivity index (χ1v) is 7.65. The fourth-order valence-corrected chi connectivity index (χ4v) is 2.94. The molecule has 0 spiro atoms. The van der Waals surface area contributed by atoms with Crippen molar-refractivity contribution in [3.8, 4) is 6.07 Å². The van der Waals surface area contributed by atoms with E-state index < -0.39 is 0 Å². The highest BCUT2D eigenvalue weighted by atomic mass is 32.1. The van der Waals surface area contributed by atoms with Crippen LogP contribution in [0.4, 0.5) is 10.8 Å². The summed E-state index contributed by atoms with van der Waals surface area (Å²) in [5, 5.41) is 15.2. The molecule has 0 atom stereocenters. The molecule has 0 fully saturated rings. The van der Waals surface area contributed by atoms with Crippen LogP contribution >= 0.6 is 11.3 Å². The van der Waals surface area contributed by atoms with E-state index in [2.05, 4.69) is 15.1 Å². The van der Waals surface area contributed by atoms with E-state index in [4.69, 9.17) is 5.26 Å². The first-order valence-electron chi connectivity index (χ1n) is 6.77. The molecule has 23 heavy (non-hydrogen) atoms. The van der Waals surface area contributed by atoms with Gasteiger partial charge in [0.15, 0.2) is 5.13 Å². The third-order valence-corrected chi connectivity index (χ3v) is 3.90. The zero-order valence-electron chi connectivity index (χ0n) is 12.2. The molecule has 3 aromatic rings. The van der Waals surface area contributed by atoms with E-state index in [-0.39, 0.29) is 11.7 Å². The van der Waals surface area contributed by atoms with E-state index in [0.29, 0.717) is 11.7 Å². The second-order valence-electron chi connectivity index (χ2n) is 4.69. The van der Waals surface area contributed by atoms with Crippen molar-refractivity contribution < 1.29 is 4.79 Å². The number of hydrogen-bond acceptors (Lipinski definition) is 6. The van der Waals surface area contributed by atoms with E-state index in [1.165, 1.54) is 29.3 Å². The Morgan fingerprint density at radius 1 is 1.39 bits per heavy atom. The van der Waals surface area contributed by atoms with Gasteiger partial charge in [-0.25, -0.2) is 14.6 Å². The maximum Gasteiger partial charge on any atom is 0.252 e. The molecule has 8 heteroatoms. The number of benzene rings is 1. The predicted molar refractivity (Wildman–Crippen MR) is 85.2 cm³/mol. The Balaban J connectivity index is 1.85. The number of rotatable bonds is 4. The highest BCUT2D eigenvalue weighted by molar-refractivity contribution is 7.14. The van der Waals surface area contributed by atoms with Crippen LogP contribution in [0.3, 0.4) is 0 Å². The summed E-state index contributed by atoms with van der Waals surface area (Å²) in [6, 6.07) is 11.2. The fraction of sp³-hybridized carbons (Fsp3) is 0.133. The second kappa shape index (κ2) is 6.37. The lowest BCUT2D eigenvalue weighted by molar-refractivity contribution is -0.115. The number of nitriles is 1. The summed E-state index contributed by atoms with van der Waals surface area (Å²) < 4.78 is 1.54. The summed E-state index contributed by atoms with van der Waals surface area (Å²) in [7, 11) is 0. The van der Waals surface area contributed by atoms with Gasteiger partial charge >= 0.3 is 0 Å². The van der Waals surface area contributed by atoms with Crippen LogP contribution in [0.15, 0.2) is 42.0 Å². The summed E-state index contributed by atoms with van der Waals surface area (Å²) in [5.41, 5.74) is 1.52. The molecule has 0 aliphatic carbocycles. The summed E-state index contributed by atoms with van der Waals surface area (Å²) in [5.74, 6) is 0.0136. The van der Waals surface area contributed by atoms with E-state index in [0.717, 1.165) is 11.4 Å². The summed E-state index contributed by atoms with van der Waals surface area (Å²) in [4.78, 5) is 21.9. The third-order valence-electron chi connectivity index (χ3n) is 3.02. The number of carbonyl (C=O) groups is 1. The average molecular weight is 324 g/mol. The van der Waals surface area contributed by atoms with Gasteiger partial charge in [-0.3, -0.25) is 9.69 Å². The molecule has 0 saturated carbocycles. The van der Waals surface area contributed by atoms with Gasteiger partial charge in [-0.15, -0.1) is 16.4 Å². The van der Waals surface area contributed by atoms with Crippen molar-refractivity contribution in [2.75, 3.05) is 4.90 Å². The average Bonchev–Trinajstić information content (AvgIpc) is 3.18. The number of hydrogen-bond donors (Lipinski definition) is 0. The van der Waals surface area contributed by atoms with Crippen LogP contribution in [0.5, 0.6) is 0 Å². The molecular formula is C15H12N6OS. The molecule has 2 heterocycles. The Morgan fingerprint density at radius 2 is 2.17 bits per heavy atom.